The predicted octanol–water partition coefficient (Wildman–Crippen LogP) is 2.80. The summed E-state index contributed by atoms with van der Waals surface area (Å²) in [4.78, 5) is 4.39. The number of aromatic nitrogens is 1. The van der Waals surface area contributed by atoms with Crippen molar-refractivity contribution in [1.82, 2.24) is 4.98 Å². The average Bonchev–Trinajstić information content (AvgIpc) is 2.68. The first kappa shape index (κ1) is 9.88. The van der Waals surface area contributed by atoms with Crippen LogP contribution in [0.4, 0.5) is 0 Å². The van der Waals surface area contributed by atoms with E-state index in [4.69, 9.17) is 5.26 Å². The van der Waals surface area contributed by atoms with Crippen LogP contribution in [-0.4, -0.2) is 4.98 Å². The lowest BCUT2D eigenvalue weighted by Gasteiger charge is -1.96. The number of thiazole rings is 1. The standard InChI is InChI=1S/C12H10N2S/c13-7-6-12-14-11(9-15-12)8-10-4-2-1-3-5-10/h1-5,9H,6,8H2. The Labute approximate surface area is 92.8 Å². The number of hydrogen-bond donors (Lipinski definition) is 0. The van der Waals surface area contributed by atoms with E-state index in [1.807, 2.05) is 23.6 Å². The van der Waals surface area contributed by atoms with E-state index in [1.165, 1.54) is 5.56 Å². The molecule has 0 unspecified atom stereocenters. The molecule has 1 aromatic carbocycles. The molecule has 2 aromatic rings. The highest BCUT2D eigenvalue weighted by molar-refractivity contribution is 7.09. The van der Waals surface area contributed by atoms with E-state index in [-0.39, 0.29) is 0 Å². The number of nitriles is 1. The highest BCUT2D eigenvalue weighted by Gasteiger charge is 2.02. The van der Waals surface area contributed by atoms with Gasteiger partial charge in [0.05, 0.1) is 18.2 Å². The van der Waals surface area contributed by atoms with Crippen molar-refractivity contribution >= 4 is 11.3 Å². The average molecular weight is 214 g/mol. The van der Waals surface area contributed by atoms with Crippen LogP contribution in [0.25, 0.3) is 0 Å². The summed E-state index contributed by atoms with van der Waals surface area (Å²) in [5, 5.41) is 11.5. The van der Waals surface area contributed by atoms with Gasteiger partial charge < -0.3 is 0 Å². The van der Waals surface area contributed by atoms with Crippen LogP contribution >= 0.6 is 11.3 Å². The van der Waals surface area contributed by atoms with Crippen molar-refractivity contribution in [2.75, 3.05) is 0 Å². The third-order valence-corrected chi connectivity index (χ3v) is 2.96. The summed E-state index contributed by atoms with van der Waals surface area (Å²) in [6, 6.07) is 12.3. The first-order valence-corrected chi connectivity index (χ1v) is 5.60. The maximum Gasteiger partial charge on any atom is 0.107 e. The van der Waals surface area contributed by atoms with Gasteiger partial charge in [0.2, 0.25) is 0 Å². The second kappa shape index (κ2) is 4.72. The number of rotatable bonds is 3. The molecule has 2 rings (SSSR count). The molecule has 0 amide bonds. The van der Waals surface area contributed by atoms with Crippen LogP contribution in [0.3, 0.4) is 0 Å². The highest BCUT2D eigenvalue weighted by atomic mass is 32.1. The highest BCUT2D eigenvalue weighted by Crippen LogP contribution is 2.13. The van der Waals surface area contributed by atoms with Crippen molar-refractivity contribution in [2.45, 2.75) is 12.8 Å². The smallest absolute Gasteiger partial charge is 0.107 e. The van der Waals surface area contributed by atoms with Crippen LogP contribution in [0, 0.1) is 11.3 Å². The molecule has 0 radical (unpaired) electrons. The molecule has 15 heavy (non-hydrogen) atoms. The lowest BCUT2D eigenvalue weighted by atomic mass is 10.1. The summed E-state index contributed by atoms with van der Waals surface area (Å²) in [6.07, 6.45) is 1.27. The van der Waals surface area contributed by atoms with Gasteiger partial charge in [-0.05, 0) is 5.56 Å². The molecule has 0 aliphatic carbocycles. The Bertz CT molecular complexity index is 468. The second-order valence-electron chi connectivity index (χ2n) is 3.23. The zero-order valence-corrected chi connectivity index (χ0v) is 9.00. The lowest BCUT2D eigenvalue weighted by Crippen LogP contribution is -1.88. The van der Waals surface area contributed by atoms with Crippen LogP contribution in [0.5, 0.6) is 0 Å². The maximum absolute atomic E-state index is 8.54. The monoisotopic (exact) mass is 214 g/mol. The Kier molecular flexibility index (Phi) is 3.11. The van der Waals surface area contributed by atoms with E-state index >= 15 is 0 Å². The van der Waals surface area contributed by atoms with Crippen LogP contribution in [0.2, 0.25) is 0 Å². The Morgan fingerprint density at radius 2 is 2.07 bits per heavy atom. The quantitative estimate of drug-likeness (QED) is 0.787. The molecule has 0 bridgehead atoms. The second-order valence-corrected chi connectivity index (χ2v) is 4.17. The van der Waals surface area contributed by atoms with Crippen molar-refractivity contribution in [3.05, 3.63) is 52.0 Å². The molecule has 0 fully saturated rings. The van der Waals surface area contributed by atoms with Gasteiger partial charge in [0.1, 0.15) is 5.01 Å². The summed E-state index contributed by atoms with van der Waals surface area (Å²) in [6.45, 7) is 0. The van der Waals surface area contributed by atoms with Gasteiger partial charge in [0.25, 0.3) is 0 Å². The zero-order valence-electron chi connectivity index (χ0n) is 8.18. The molecule has 0 N–H and O–H groups in total. The van der Waals surface area contributed by atoms with Crippen molar-refractivity contribution in [1.29, 1.82) is 5.26 Å². The SMILES string of the molecule is N#CCc1nc(Cc2ccccc2)cs1. The minimum Gasteiger partial charge on any atom is -0.245 e. The Morgan fingerprint density at radius 1 is 1.27 bits per heavy atom. The fourth-order valence-corrected chi connectivity index (χ4v) is 2.11. The third-order valence-electron chi connectivity index (χ3n) is 2.06. The van der Waals surface area contributed by atoms with Gasteiger partial charge >= 0.3 is 0 Å². The van der Waals surface area contributed by atoms with Gasteiger partial charge in [-0.2, -0.15) is 5.26 Å². The molecule has 0 saturated heterocycles. The summed E-state index contributed by atoms with van der Waals surface area (Å²) >= 11 is 1.56. The first-order valence-electron chi connectivity index (χ1n) is 4.72. The minimum atomic E-state index is 0.416. The Balaban J connectivity index is 2.09. The Morgan fingerprint density at radius 3 is 2.80 bits per heavy atom. The number of nitrogens with zero attached hydrogens (tertiary/aromatic N) is 2. The summed E-state index contributed by atoms with van der Waals surface area (Å²) in [5.74, 6) is 0. The molecule has 0 aliphatic heterocycles. The van der Waals surface area contributed by atoms with Gasteiger partial charge in [0, 0.05) is 11.8 Å². The summed E-state index contributed by atoms with van der Waals surface area (Å²) in [5.41, 5.74) is 2.31. The van der Waals surface area contributed by atoms with Gasteiger partial charge in [-0.15, -0.1) is 11.3 Å². The molecule has 2 nitrogen and oxygen atoms in total. The largest absolute Gasteiger partial charge is 0.245 e. The molecular weight excluding hydrogens is 204 g/mol. The van der Waals surface area contributed by atoms with Crippen molar-refractivity contribution in [3.8, 4) is 6.07 Å². The first-order chi connectivity index (χ1) is 7.38. The molecule has 0 saturated carbocycles. The summed E-state index contributed by atoms with van der Waals surface area (Å²) < 4.78 is 0. The fraction of sp³-hybridized carbons (Fsp3) is 0.167. The van der Waals surface area contributed by atoms with Gasteiger partial charge in [-0.1, -0.05) is 30.3 Å². The van der Waals surface area contributed by atoms with Crippen molar-refractivity contribution < 1.29 is 0 Å². The number of hydrogen-bond acceptors (Lipinski definition) is 3. The van der Waals surface area contributed by atoms with Crippen molar-refractivity contribution in [3.63, 3.8) is 0 Å². The van der Waals surface area contributed by atoms with E-state index in [1.54, 1.807) is 11.3 Å². The molecule has 3 heteroatoms. The molecule has 1 aromatic heterocycles. The molecule has 0 aliphatic rings. The van der Waals surface area contributed by atoms with Crippen LogP contribution in [-0.2, 0) is 12.8 Å². The van der Waals surface area contributed by atoms with Gasteiger partial charge in [-0.25, -0.2) is 4.98 Å². The topological polar surface area (TPSA) is 36.7 Å². The van der Waals surface area contributed by atoms with Crippen molar-refractivity contribution in [2.24, 2.45) is 0 Å². The molecular formula is C12H10N2S. The Hall–Kier alpha value is -1.66. The van der Waals surface area contributed by atoms with Gasteiger partial charge in [-0.3, -0.25) is 0 Å². The number of benzene rings is 1. The minimum absolute atomic E-state index is 0.416. The normalized spacial score (nSPS) is 9.80. The van der Waals surface area contributed by atoms with Crippen LogP contribution in [0.1, 0.15) is 16.3 Å². The summed E-state index contributed by atoms with van der Waals surface area (Å²) in [7, 11) is 0. The van der Waals surface area contributed by atoms with Crippen LogP contribution < -0.4 is 0 Å². The van der Waals surface area contributed by atoms with Gasteiger partial charge in [0.15, 0.2) is 0 Å². The van der Waals surface area contributed by atoms with E-state index < -0.39 is 0 Å². The van der Waals surface area contributed by atoms with E-state index in [9.17, 15) is 0 Å². The molecule has 74 valence electrons. The fourth-order valence-electron chi connectivity index (χ4n) is 1.38. The maximum atomic E-state index is 8.54. The zero-order chi connectivity index (χ0) is 10.5. The third kappa shape index (κ3) is 2.64. The van der Waals surface area contributed by atoms with E-state index in [0.29, 0.717) is 6.42 Å². The molecule has 0 atom stereocenters. The van der Waals surface area contributed by atoms with E-state index in [2.05, 4.69) is 23.2 Å². The predicted molar refractivity (Wildman–Crippen MR) is 60.7 cm³/mol. The molecule has 0 spiro atoms. The van der Waals surface area contributed by atoms with Crippen LogP contribution in [0.15, 0.2) is 35.7 Å². The molecule has 1 heterocycles. The lowest BCUT2D eigenvalue weighted by molar-refractivity contribution is 1.06. The van der Waals surface area contributed by atoms with E-state index in [0.717, 1.165) is 17.1 Å².